The minimum atomic E-state index is -0.493. The third kappa shape index (κ3) is 4.34. The molecule has 0 spiro atoms. The van der Waals surface area contributed by atoms with Gasteiger partial charge in [-0.25, -0.2) is 4.39 Å². The topological polar surface area (TPSA) is 41.1 Å². The van der Waals surface area contributed by atoms with Crippen LogP contribution in [-0.2, 0) is 4.79 Å². The van der Waals surface area contributed by atoms with Crippen LogP contribution in [0.1, 0.15) is 6.92 Å². The van der Waals surface area contributed by atoms with Gasteiger partial charge in [0.05, 0.1) is 10.7 Å². The first-order chi connectivity index (χ1) is 9.95. The van der Waals surface area contributed by atoms with Gasteiger partial charge in [-0.05, 0) is 49.4 Å². The van der Waals surface area contributed by atoms with Crippen LogP contribution in [0.5, 0.6) is 0 Å². The number of benzene rings is 2. The molecule has 2 rings (SSSR count). The molecule has 0 aliphatic heterocycles. The fourth-order valence-corrected chi connectivity index (χ4v) is 2.03. The van der Waals surface area contributed by atoms with Crippen molar-refractivity contribution in [3.8, 4) is 0 Å². The normalized spacial score (nSPS) is 11.8. The molecule has 0 saturated heterocycles. The summed E-state index contributed by atoms with van der Waals surface area (Å²) >= 11 is 11.7. The predicted molar refractivity (Wildman–Crippen MR) is 84.6 cm³/mol. The highest BCUT2D eigenvalue weighted by molar-refractivity contribution is 6.33. The fourth-order valence-electron chi connectivity index (χ4n) is 1.69. The monoisotopic (exact) mass is 326 g/mol. The van der Waals surface area contributed by atoms with E-state index in [-0.39, 0.29) is 10.9 Å². The Morgan fingerprint density at radius 2 is 1.81 bits per heavy atom. The number of hydrogen-bond donors (Lipinski definition) is 2. The van der Waals surface area contributed by atoms with Crippen molar-refractivity contribution < 1.29 is 9.18 Å². The average Bonchev–Trinajstić information content (AvgIpc) is 2.44. The summed E-state index contributed by atoms with van der Waals surface area (Å²) in [5, 5.41) is 6.45. The van der Waals surface area contributed by atoms with Crippen LogP contribution in [0.25, 0.3) is 0 Å². The highest BCUT2D eigenvalue weighted by atomic mass is 35.5. The van der Waals surface area contributed by atoms with Gasteiger partial charge in [0.25, 0.3) is 0 Å². The molecule has 21 heavy (non-hydrogen) atoms. The van der Waals surface area contributed by atoms with Crippen LogP contribution >= 0.6 is 23.2 Å². The van der Waals surface area contributed by atoms with Gasteiger partial charge in [0.2, 0.25) is 5.91 Å². The minimum absolute atomic E-state index is 0.155. The molecule has 0 aliphatic rings. The lowest BCUT2D eigenvalue weighted by molar-refractivity contribution is -0.116. The maximum Gasteiger partial charge on any atom is 0.246 e. The van der Waals surface area contributed by atoms with Gasteiger partial charge in [-0.3, -0.25) is 4.79 Å². The molecule has 6 heteroatoms. The van der Waals surface area contributed by atoms with E-state index in [0.717, 1.165) is 11.8 Å². The average molecular weight is 327 g/mol. The first-order valence-corrected chi connectivity index (χ1v) is 6.99. The van der Waals surface area contributed by atoms with Crippen LogP contribution in [0.2, 0.25) is 10.0 Å². The molecular formula is C15H13Cl2FN2O. The molecule has 1 amide bonds. The number of amides is 1. The van der Waals surface area contributed by atoms with E-state index in [1.165, 1.54) is 12.1 Å². The zero-order valence-electron chi connectivity index (χ0n) is 11.2. The molecule has 1 atom stereocenters. The van der Waals surface area contributed by atoms with E-state index in [1.807, 2.05) is 0 Å². The molecule has 0 saturated carbocycles. The molecular weight excluding hydrogens is 314 g/mol. The minimum Gasteiger partial charge on any atom is -0.374 e. The van der Waals surface area contributed by atoms with Crippen molar-refractivity contribution in [2.45, 2.75) is 13.0 Å². The van der Waals surface area contributed by atoms with E-state index in [0.29, 0.717) is 10.7 Å². The van der Waals surface area contributed by atoms with Crippen LogP contribution in [0.3, 0.4) is 0 Å². The number of carbonyl (C=O) groups excluding carboxylic acids is 1. The molecule has 110 valence electrons. The smallest absolute Gasteiger partial charge is 0.246 e. The van der Waals surface area contributed by atoms with Gasteiger partial charge in [0.1, 0.15) is 11.9 Å². The second-order valence-electron chi connectivity index (χ2n) is 4.49. The summed E-state index contributed by atoms with van der Waals surface area (Å²) in [5.41, 5.74) is 1.14. The van der Waals surface area contributed by atoms with Crippen LogP contribution < -0.4 is 10.6 Å². The van der Waals surface area contributed by atoms with Gasteiger partial charge in [-0.15, -0.1) is 0 Å². The summed E-state index contributed by atoms with van der Waals surface area (Å²) in [6, 6.07) is 10.3. The van der Waals surface area contributed by atoms with E-state index in [1.54, 1.807) is 31.2 Å². The van der Waals surface area contributed by atoms with Crippen molar-refractivity contribution >= 4 is 40.5 Å². The predicted octanol–water partition coefficient (Wildman–Crippen LogP) is 4.57. The number of rotatable bonds is 4. The van der Waals surface area contributed by atoms with E-state index >= 15 is 0 Å². The molecule has 0 aromatic heterocycles. The van der Waals surface area contributed by atoms with Crippen LogP contribution in [0.15, 0.2) is 42.5 Å². The number of carbonyl (C=O) groups is 1. The maximum atomic E-state index is 12.9. The van der Waals surface area contributed by atoms with Gasteiger partial charge >= 0.3 is 0 Å². The Kier molecular flexibility index (Phi) is 5.04. The van der Waals surface area contributed by atoms with Gasteiger partial charge in [0, 0.05) is 10.7 Å². The second kappa shape index (κ2) is 6.78. The van der Waals surface area contributed by atoms with Crippen molar-refractivity contribution in [3.05, 3.63) is 58.3 Å². The molecule has 0 fully saturated rings. The third-order valence-electron chi connectivity index (χ3n) is 2.81. The molecule has 3 nitrogen and oxygen atoms in total. The van der Waals surface area contributed by atoms with Crippen molar-refractivity contribution in [1.29, 1.82) is 0 Å². The van der Waals surface area contributed by atoms with Gasteiger partial charge in [-0.2, -0.15) is 0 Å². The lowest BCUT2D eigenvalue weighted by atomic mass is 10.2. The Hall–Kier alpha value is -1.78. The highest BCUT2D eigenvalue weighted by Gasteiger charge is 2.14. The molecule has 2 aromatic carbocycles. The quantitative estimate of drug-likeness (QED) is 0.863. The largest absolute Gasteiger partial charge is 0.374 e. The zero-order chi connectivity index (χ0) is 15.4. The molecule has 0 radical (unpaired) electrons. The third-order valence-corrected chi connectivity index (χ3v) is 3.37. The standard InChI is InChI=1S/C15H13Cl2FN2O/c1-9(19-12-5-2-10(16)3-6-12)15(21)20-14-7-4-11(18)8-13(14)17/h2-9,19H,1H3,(H,20,21)/t9-/m1/s1. The number of halogens is 3. The van der Waals surface area contributed by atoms with Crippen LogP contribution in [0.4, 0.5) is 15.8 Å². The Morgan fingerprint density at radius 3 is 2.43 bits per heavy atom. The van der Waals surface area contributed by atoms with Gasteiger partial charge in [-0.1, -0.05) is 23.2 Å². The molecule has 0 unspecified atom stereocenters. The summed E-state index contributed by atoms with van der Waals surface area (Å²) in [6.45, 7) is 1.71. The van der Waals surface area contributed by atoms with Crippen molar-refractivity contribution in [1.82, 2.24) is 0 Å². The summed E-state index contributed by atoms with van der Waals surface area (Å²) in [7, 11) is 0. The Labute approximate surface area is 132 Å². The zero-order valence-corrected chi connectivity index (χ0v) is 12.7. The van der Waals surface area contributed by atoms with Gasteiger partial charge in [0.15, 0.2) is 0 Å². The fraction of sp³-hybridized carbons (Fsp3) is 0.133. The Bertz CT molecular complexity index is 647. The molecule has 2 N–H and O–H groups in total. The lowest BCUT2D eigenvalue weighted by Crippen LogP contribution is -2.31. The van der Waals surface area contributed by atoms with E-state index in [9.17, 15) is 9.18 Å². The first kappa shape index (κ1) is 15.6. The van der Waals surface area contributed by atoms with Gasteiger partial charge < -0.3 is 10.6 Å². The Morgan fingerprint density at radius 1 is 1.14 bits per heavy atom. The van der Waals surface area contributed by atoms with Crippen LogP contribution in [0, 0.1) is 5.82 Å². The highest BCUT2D eigenvalue weighted by Crippen LogP contribution is 2.22. The summed E-state index contributed by atoms with van der Waals surface area (Å²) in [5.74, 6) is -0.733. The molecule has 0 bridgehead atoms. The second-order valence-corrected chi connectivity index (χ2v) is 5.33. The van der Waals surface area contributed by atoms with E-state index in [4.69, 9.17) is 23.2 Å². The number of anilines is 2. The lowest BCUT2D eigenvalue weighted by Gasteiger charge is -2.16. The van der Waals surface area contributed by atoms with Crippen molar-refractivity contribution in [2.24, 2.45) is 0 Å². The first-order valence-electron chi connectivity index (χ1n) is 6.24. The van der Waals surface area contributed by atoms with E-state index < -0.39 is 11.9 Å². The maximum absolute atomic E-state index is 12.9. The van der Waals surface area contributed by atoms with Crippen molar-refractivity contribution in [3.63, 3.8) is 0 Å². The van der Waals surface area contributed by atoms with Crippen molar-refractivity contribution in [2.75, 3.05) is 10.6 Å². The summed E-state index contributed by atoms with van der Waals surface area (Å²) in [6.07, 6.45) is 0. The molecule has 0 aliphatic carbocycles. The number of nitrogens with one attached hydrogen (secondary N) is 2. The van der Waals surface area contributed by atoms with E-state index in [2.05, 4.69) is 10.6 Å². The number of hydrogen-bond acceptors (Lipinski definition) is 2. The SMILES string of the molecule is C[C@@H](Nc1ccc(Cl)cc1)C(=O)Nc1ccc(F)cc1Cl. The summed E-state index contributed by atoms with van der Waals surface area (Å²) < 4.78 is 12.9. The Balaban J connectivity index is 2.00. The molecule has 0 heterocycles. The van der Waals surface area contributed by atoms with Crippen LogP contribution in [-0.4, -0.2) is 11.9 Å². The summed E-state index contributed by atoms with van der Waals surface area (Å²) in [4.78, 5) is 12.1. The molecule has 2 aromatic rings.